The SMILES string of the molecule is Cc1cccnc1CNCc1cccc(Cl)c1F. The first kappa shape index (κ1) is 13.0. The largest absolute Gasteiger partial charge is 0.307 e. The molecule has 94 valence electrons. The minimum Gasteiger partial charge on any atom is -0.307 e. The summed E-state index contributed by atoms with van der Waals surface area (Å²) in [5, 5.41) is 3.32. The second-order valence-electron chi connectivity index (χ2n) is 4.08. The van der Waals surface area contributed by atoms with E-state index in [1.165, 1.54) is 0 Å². The van der Waals surface area contributed by atoms with E-state index in [0.29, 0.717) is 18.7 Å². The second-order valence-corrected chi connectivity index (χ2v) is 4.49. The first-order valence-electron chi connectivity index (χ1n) is 5.72. The van der Waals surface area contributed by atoms with Crippen molar-refractivity contribution < 1.29 is 4.39 Å². The van der Waals surface area contributed by atoms with Gasteiger partial charge in [0.15, 0.2) is 0 Å². The molecule has 1 N–H and O–H groups in total. The van der Waals surface area contributed by atoms with E-state index in [0.717, 1.165) is 11.3 Å². The van der Waals surface area contributed by atoms with E-state index in [2.05, 4.69) is 10.3 Å². The van der Waals surface area contributed by atoms with Gasteiger partial charge in [0.05, 0.1) is 10.7 Å². The van der Waals surface area contributed by atoms with Gasteiger partial charge >= 0.3 is 0 Å². The molecule has 0 aliphatic heterocycles. The van der Waals surface area contributed by atoms with Gasteiger partial charge in [-0.3, -0.25) is 4.98 Å². The van der Waals surface area contributed by atoms with Crippen LogP contribution in [0.3, 0.4) is 0 Å². The van der Waals surface area contributed by atoms with E-state index in [4.69, 9.17) is 11.6 Å². The molecule has 0 aliphatic carbocycles. The van der Waals surface area contributed by atoms with Crippen molar-refractivity contribution in [3.05, 3.63) is 64.2 Å². The number of pyridine rings is 1. The van der Waals surface area contributed by atoms with Crippen LogP contribution in [0.15, 0.2) is 36.5 Å². The molecule has 2 nitrogen and oxygen atoms in total. The summed E-state index contributed by atoms with van der Waals surface area (Å²) in [6, 6.07) is 8.91. The average molecular weight is 265 g/mol. The predicted molar refractivity (Wildman–Crippen MR) is 70.9 cm³/mol. The maximum atomic E-state index is 13.6. The van der Waals surface area contributed by atoms with Crippen LogP contribution in [0.25, 0.3) is 0 Å². The molecule has 0 unspecified atom stereocenters. The fourth-order valence-corrected chi connectivity index (χ4v) is 1.90. The summed E-state index contributed by atoms with van der Waals surface area (Å²) in [4.78, 5) is 4.27. The van der Waals surface area contributed by atoms with Crippen LogP contribution < -0.4 is 5.32 Å². The topological polar surface area (TPSA) is 24.9 Å². The highest BCUT2D eigenvalue weighted by molar-refractivity contribution is 6.30. The van der Waals surface area contributed by atoms with E-state index in [1.54, 1.807) is 24.4 Å². The minimum atomic E-state index is -0.357. The molecule has 0 saturated heterocycles. The number of halogens is 2. The van der Waals surface area contributed by atoms with E-state index >= 15 is 0 Å². The van der Waals surface area contributed by atoms with Gasteiger partial charge in [-0.05, 0) is 24.6 Å². The lowest BCUT2D eigenvalue weighted by Crippen LogP contribution is -2.15. The second kappa shape index (κ2) is 5.94. The van der Waals surface area contributed by atoms with Crippen molar-refractivity contribution in [2.75, 3.05) is 0 Å². The van der Waals surface area contributed by atoms with Gasteiger partial charge < -0.3 is 5.32 Å². The lowest BCUT2D eigenvalue weighted by molar-refractivity contribution is 0.585. The van der Waals surface area contributed by atoms with Gasteiger partial charge in [0.1, 0.15) is 5.82 Å². The van der Waals surface area contributed by atoms with Crippen molar-refractivity contribution >= 4 is 11.6 Å². The lowest BCUT2D eigenvalue weighted by atomic mass is 10.2. The van der Waals surface area contributed by atoms with Crippen molar-refractivity contribution in [3.63, 3.8) is 0 Å². The van der Waals surface area contributed by atoms with Crippen molar-refractivity contribution in [1.82, 2.24) is 10.3 Å². The number of benzene rings is 1. The average Bonchev–Trinajstić information content (AvgIpc) is 2.37. The molecular formula is C14H14ClFN2. The maximum Gasteiger partial charge on any atom is 0.146 e. The van der Waals surface area contributed by atoms with Crippen LogP contribution in [0.2, 0.25) is 5.02 Å². The van der Waals surface area contributed by atoms with E-state index in [9.17, 15) is 4.39 Å². The number of hydrogen-bond donors (Lipinski definition) is 1. The molecule has 4 heteroatoms. The molecule has 0 amide bonds. The van der Waals surface area contributed by atoms with Crippen LogP contribution in [0.5, 0.6) is 0 Å². The van der Waals surface area contributed by atoms with Crippen molar-refractivity contribution in [1.29, 1.82) is 0 Å². The monoisotopic (exact) mass is 264 g/mol. The zero-order valence-corrected chi connectivity index (χ0v) is 10.8. The van der Waals surface area contributed by atoms with Crippen LogP contribution in [0.1, 0.15) is 16.8 Å². The van der Waals surface area contributed by atoms with E-state index < -0.39 is 0 Å². The summed E-state index contributed by atoms with van der Waals surface area (Å²) < 4.78 is 13.6. The maximum absolute atomic E-state index is 13.6. The quantitative estimate of drug-likeness (QED) is 0.915. The zero-order valence-electron chi connectivity index (χ0n) is 10.1. The molecule has 0 spiro atoms. The van der Waals surface area contributed by atoms with Gasteiger partial charge in [0.2, 0.25) is 0 Å². The van der Waals surface area contributed by atoms with Crippen LogP contribution in [0, 0.1) is 12.7 Å². The van der Waals surface area contributed by atoms with Gasteiger partial charge in [0.25, 0.3) is 0 Å². The molecule has 2 aromatic rings. The molecule has 0 atom stereocenters. The number of nitrogens with zero attached hydrogens (tertiary/aromatic N) is 1. The van der Waals surface area contributed by atoms with Crippen LogP contribution in [-0.2, 0) is 13.1 Å². The first-order valence-corrected chi connectivity index (χ1v) is 6.10. The Balaban J connectivity index is 1.97. The summed E-state index contributed by atoms with van der Waals surface area (Å²) in [7, 11) is 0. The fourth-order valence-electron chi connectivity index (χ4n) is 1.70. The van der Waals surface area contributed by atoms with Crippen LogP contribution >= 0.6 is 11.6 Å². The Morgan fingerprint density at radius 3 is 2.83 bits per heavy atom. The number of nitrogens with one attached hydrogen (secondary N) is 1. The summed E-state index contributed by atoms with van der Waals surface area (Å²) in [6.45, 7) is 3.05. The molecule has 0 fully saturated rings. The molecule has 0 radical (unpaired) electrons. The van der Waals surface area contributed by atoms with E-state index in [1.807, 2.05) is 19.1 Å². The van der Waals surface area contributed by atoms with Crippen LogP contribution in [-0.4, -0.2) is 4.98 Å². The van der Waals surface area contributed by atoms with Gasteiger partial charge in [0, 0.05) is 24.8 Å². The Morgan fingerprint density at radius 2 is 2.06 bits per heavy atom. The lowest BCUT2D eigenvalue weighted by Gasteiger charge is -2.08. The Kier molecular flexibility index (Phi) is 4.28. The Morgan fingerprint density at radius 1 is 1.22 bits per heavy atom. The normalized spacial score (nSPS) is 10.6. The highest BCUT2D eigenvalue weighted by atomic mass is 35.5. The first-order chi connectivity index (χ1) is 8.68. The number of aromatic nitrogens is 1. The van der Waals surface area contributed by atoms with Gasteiger partial charge in [-0.1, -0.05) is 29.8 Å². The summed E-state index contributed by atoms with van der Waals surface area (Å²) in [5.41, 5.74) is 2.66. The summed E-state index contributed by atoms with van der Waals surface area (Å²) in [5.74, 6) is -0.357. The Labute approximate surface area is 111 Å². The zero-order chi connectivity index (χ0) is 13.0. The molecule has 1 heterocycles. The van der Waals surface area contributed by atoms with Gasteiger partial charge in [-0.2, -0.15) is 0 Å². The standard InChI is InChI=1S/C14H14ClFN2/c1-10-4-3-7-18-13(10)9-17-8-11-5-2-6-12(15)14(11)16/h2-7,17H,8-9H2,1H3. The molecule has 0 bridgehead atoms. The molecule has 1 aromatic heterocycles. The predicted octanol–water partition coefficient (Wildman–Crippen LogP) is 3.47. The summed E-state index contributed by atoms with van der Waals surface area (Å²) in [6.07, 6.45) is 1.75. The van der Waals surface area contributed by atoms with Gasteiger partial charge in [-0.15, -0.1) is 0 Å². The minimum absolute atomic E-state index is 0.156. The third kappa shape index (κ3) is 3.06. The van der Waals surface area contributed by atoms with Crippen molar-refractivity contribution in [2.45, 2.75) is 20.0 Å². The molecule has 2 rings (SSSR count). The van der Waals surface area contributed by atoms with Crippen molar-refractivity contribution in [2.24, 2.45) is 0 Å². The Hall–Kier alpha value is -1.45. The third-order valence-electron chi connectivity index (χ3n) is 2.76. The molecule has 0 aliphatic rings. The van der Waals surface area contributed by atoms with E-state index in [-0.39, 0.29) is 10.8 Å². The molecule has 1 aromatic carbocycles. The smallest absolute Gasteiger partial charge is 0.146 e. The number of hydrogen-bond acceptors (Lipinski definition) is 2. The molecule has 18 heavy (non-hydrogen) atoms. The fraction of sp³-hybridized carbons (Fsp3) is 0.214. The highest BCUT2D eigenvalue weighted by Gasteiger charge is 2.06. The highest BCUT2D eigenvalue weighted by Crippen LogP contribution is 2.17. The van der Waals surface area contributed by atoms with Crippen molar-refractivity contribution in [3.8, 4) is 0 Å². The third-order valence-corrected chi connectivity index (χ3v) is 3.05. The number of aryl methyl sites for hydroxylation is 1. The summed E-state index contributed by atoms with van der Waals surface area (Å²) >= 11 is 5.72. The molecule has 0 saturated carbocycles. The Bertz CT molecular complexity index is 543. The molecular weight excluding hydrogens is 251 g/mol. The van der Waals surface area contributed by atoms with Crippen LogP contribution in [0.4, 0.5) is 4.39 Å². The van der Waals surface area contributed by atoms with Gasteiger partial charge in [-0.25, -0.2) is 4.39 Å². The number of rotatable bonds is 4.